The van der Waals surface area contributed by atoms with Gasteiger partial charge in [0, 0.05) is 6.04 Å². The number of nitrogens with one attached hydrogen (secondary N) is 1. The van der Waals surface area contributed by atoms with Crippen LogP contribution >= 0.6 is 12.2 Å². The molecular formula is C14H26N2OS. The highest BCUT2D eigenvalue weighted by atomic mass is 32.1. The van der Waals surface area contributed by atoms with Crippen molar-refractivity contribution in [3.63, 3.8) is 0 Å². The van der Waals surface area contributed by atoms with Crippen molar-refractivity contribution < 1.29 is 4.79 Å². The quantitative estimate of drug-likeness (QED) is 0.596. The lowest BCUT2D eigenvalue weighted by Gasteiger charge is -2.31. The molecule has 0 aromatic rings. The Morgan fingerprint density at radius 1 is 1.22 bits per heavy atom. The Labute approximate surface area is 116 Å². The molecule has 0 bridgehead atoms. The van der Waals surface area contributed by atoms with Crippen molar-refractivity contribution >= 4 is 23.1 Å². The molecule has 1 rings (SSSR count). The Bertz CT molecular complexity index is 292. The molecule has 0 unspecified atom stereocenters. The van der Waals surface area contributed by atoms with Crippen LogP contribution in [0.4, 0.5) is 0 Å². The molecule has 104 valence electrons. The molecule has 0 aromatic heterocycles. The summed E-state index contributed by atoms with van der Waals surface area (Å²) in [6.07, 6.45) is 8.53. The molecule has 0 saturated heterocycles. The molecule has 18 heavy (non-hydrogen) atoms. The number of nitrogens with two attached hydrogens (primary N) is 1. The Balaban J connectivity index is 2.69. The average Bonchev–Trinajstić information content (AvgIpc) is 2.59. The van der Waals surface area contributed by atoms with Crippen LogP contribution in [0.25, 0.3) is 0 Å². The highest BCUT2D eigenvalue weighted by molar-refractivity contribution is 7.80. The summed E-state index contributed by atoms with van der Waals surface area (Å²) in [7, 11) is 0. The molecule has 4 heteroatoms. The van der Waals surface area contributed by atoms with Crippen molar-refractivity contribution in [3.8, 4) is 0 Å². The van der Waals surface area contributed by atoms with E-state index in [2.05, 4.69) is 5.32 Å². The van der Waals surface area contributed by atoms with Gasteiger partial charge in [-0.2, -0.15) is 0 Å². The number of carbonyl (C=O) groups excluding carboxylic acids is 1. The highest BCUT2D eigenvalue weighted by Crippen LogP contribution is 2.28. The van der Waals surface area contributed by atoms with Gasteiger partial charge in [-0.05, 0) is 25.7 Å². The lowest BCUT2D eigenvalue weighted by Crippen LogP contribution is -2.51. The SMILES string of the molecule is CCC(CC)(C(=O)NC1CCCCCC1)C(N)=S. The fourth-order valence-corrected chi connectivity index (χ4v) is 3.16. The first-order chi connectivity index (χ1) is 8.56. The summed E-state index contributed by atoms with van der Waals surface area (Å²) in [6.45, 7) is 3.96. The standard InChI is InChI=1S/C14H26N2OS/c1-3-14(4-2,12(15)18)13(17)16-11-9-7-5-6-8-10-11/h11H,3-10H2,1-2H3,(H2,15,18)(H,16,17). The van der Waals surface area contributed by atoms with Crippen LogP contribution in [0.5, 0.6) is 0 Å². The zero-order valence-corrected chi connectivity index (χ0v) is 12.4. The zero-order chi connectivity index (χ0) is 13.6. The van der Waals surface area contributed by atoms with Gasteiger partial charge in [0.1, 0.15) is 0 Å². The first-order valence-corrected chi connectivity index (χ1v) is 7.58. The predicted molar refractivity (Wildman–Crippen MR) is 79.4 cm³/mol. The third-order valence-electron chi connectivity index (χ3n) is 4.30. The second kappa shape index (κ2) is 7.07. The zero-order valence-electron chi connectivity index (χ0n) is 11.6. The minimum absolute atomic E-state index is 0.0342. The summed E-state index contributed by atoms with van der Waals surface area (Å²) < 4.78 is 0. The average molecular weight is 270 g/mol. The van der Waals surface area contributed by atoms with Crippen LogP contribution < -0.4 is 11.1 Å². The van der Waals surface area contributed by atoms with Gasteiger partial charge in [-0.3, -0.25) is 4.79 Å². The molecule has 0 aliphatic heterocycles. The van der Waals surface area contributed by atoms with Gasteiger partial charge in [0.25, 0.3) is 0 Å². The van der Waals surface area contributed by atoms with Crippen molar-refractivity contribution in [1.29, 1.82) is 0 Å². The predicted octanol–water partition coefficient (Wildman–Crippen LogP) is 2.92. The van der Waals surface area contributed by atoms with E-state index in [1.54, 1.807) is 0 Å². The van der Waals surface area contributed by atoms with E-state index in [1.165, 1.54) is 25.7 Å². The van der Waals surface area contributed by atoms with Crippen LogP contribution in [0.15, 0.2) is 0 Å². The van der Waals surface area contributed by atoms with Gasteiger partial charge in [0.15, 0.2) is 0 Å². The molecule has 1 amide bonds. The smallest absolute Gasteiger partial charge is 0.233 e. The summed E-state index contributed by atoms with van der Waals surface area (Å²) in [6, 6.07) is 0.312. The Morgan fingerprint density at radius 2 is 1.72 bits per heavy atom. The molecule has 3 nitrogen and oxygen atoms in total. The van der Waals surface area contributed by atoms with Gasteiger partial charge < -0.3 is 11.1 Å². The van der Waals surface area contributed by atoms with Gasteiger partial charge in [-0.1, -0.05) is 51.7 Å². The van der Waals surface area contributed by atoms with E-state index in [1.807, 2.05) is 13.8 Å². The summed E-state index contributed by atoms with van der Waals surface area (Å²) in [4.78, 5) is 12.8. The van der Waals surface area contributed by atoms with Crippen molar-refractivity contribution in [2.24, 2.45) is 11.1 Å². The number of carbonyl (C=O) groups is 1. The summed E-state index contributed by atoms with van der Waals surface area (Å²) >= 11 is 5.12. The lowest BCUT2D eigenvalue weighted by molar-refractivity contribution is -0.128. The second-order valence-electron chi connectivity index (χ2n) is 5.32. The number of rotatable bonds is 5. The molecule has 0 aromatic carbocycles. The van der Waals surface area contributed by atoms with E-state index in [-0.39, 0.29) is 5.91 Å². The fraction of sp³-hybridized carbons (Fsp3) is 0.857. The van der Waals surface area contributed by atoms with E-state index in [0.717, 1.165) is 12.8 Å². The fourth-order valence-electron chi connectivity index (χ4n) is 2.78. The maximum absolute atomic E-state index is 12.5. The number of hydrogen-bond donors (Lipinski definition) is 2. The summed E-state index contributed by atoms with van der Waals surface area (Å²) in [5, 5.41) is 3.18. The molecule has 1 aliphatic rings. The third kappa shape index (κ3) is 3.44. The van der Waals surface area contributed by atoms with Crippen LogP contribution in [0, 0.1) is 5.41 Å². The van der Waals surface area contributed by atoms with Crippen LogP contribution in [0.3, 0.4) is 0 Å². The van der Waals surface area contributed by atoms with Gasteiger partial charge in [-0.25, -0.2) is 0 Å². The van der Waals surface area contributed by atoms with E-state index in [0.29, 0.717) is 23.9 Å². The minimum Gasteiger partial charge on any atom is -0.392 e. The van der Waals surface area contributed by atoms with Crippen LogP contribution in [0.1, 0.15) is 65.2 Å². The van der Waals surface area contributed by atoms with Gasteiger partial charge >= 0.3 is 0 Å². The molecule has 3 N–H and O–H groups in total. The first kappa shape index (κ1) is 15.4. The molecular weight excluding hydrogens is 244 g/mol. The maximum atomic E-state index is 12.5. The van der Waals surface area contributed by atoms with Crippen LogP contribution in [-0.4, -0.2) is 16.9 Å². The van der Waals surface area contributed by atoms with Crippen LogP contribution in [0.2, 0.25) is 0 Å². The number of hydrogen-bond acceptors (Lipinski definition) is 2. The molecule has 1 aliphatic carbocycles. The topological polar surface area (TPSA) is 55.1 Å². The molecule has 0 spiro atoms. The Hall–Kier alpha value is -0.640. The van der Waals surface area contributed by atoms with Crippen molar-refractivity contribution in [1.82, 2.24) is 5.32 Å². The molecule has 0 atom stereocenters. The monoisotopic (exact) mass is 270 g/mol. The van der Waals surface area contributed by atoms with Gasteiger partial charge in [0.2, 0.25) is 5.91 Å². The Morgan fingerprint density at radius 3 is 2.11 bits per heavy atom. The minimum atomic E-state index is -0.651. The second-order valence-corrected chi connectivity index (χ2v) is 5.76. The molecule has 0 heterocycles. The lowest BCUT2D eigenvalue weighted by atomic mass is 9.81. The highest BCUT2D eigenvalue weighted by Gasteiger charge is 2.38. The normalized spacial score (nSPS) is 18.1. The van der Waals surface area contributed by atoms with Gasteiger partial charge in [0.05, 0.1) is 10.4 Å². The van der Waals surface area contributed by atoms with Crippen molar-refractivity contribution in [3.05, 3.63) is 0 Å². The number of thiocarbonyl (C=S) groups is 1. The maximum Gasteiger partial charge on any atom is 0.233 e. The van der Waals surface area contributed by atoms with Gasteiger partial charge in [-0.15, -0.1) is 0 Å². The van der Waals surface area contributed by atoms with E-state index in [9.17, 15) is 4.79 Å². The third-order valence-corrected chi connectivity index (χ3v) is 4.69. The molecule has 1 saturated carbocycles. The van der Waals surface area contributed by atoms with Crippen LogP contribution in [-0.2, 0) is 4.79 Å². The van der Waals surface area contributed by atoms with E-state index < -0.39 is 5.41 Å². The van der Waals surface area contributed by atoms with E-state index in [4.69, 9.17) is 18.0 Å². The molecule has 0 radical (unpaired) electrons. The number of amides is 1. The molecule has 1 fully saturated rings. The van der Waals surface area contributed by atoms with E-state index >= 15 is 0 Å². The largest absolute Gasteiger partial charge is 0.392 e. The van der Waals surface area contributed by atoms with Crippen molar-refractivity contribution in [2.45, 2.75) is 71.3 Å². The first-order valence-electron chi connectivity index (χ1n) is 7.17. The van der Waals surface area contributed by atoms with Crippen molar-refractivity contribution in [2.75, 3.05) is 0 Å². The summed E-state index contributed by atoms with van der Waals surface area (Å²) in [5.74, 6) is 0.0342. The summed E-state index contributed by atoms with van der Waals surface area (Å²) in [5.41, 5.74) is 5.15. The Kier molecular flexibility index (Phi) is 6.06.